The first-order chi connectivity index (χ1) is 7.99. The second-order valence-electron chi connectivity index (χ2n) is 3.75. The lowest BCUT2D eigenvalue weighted by Crippen LogP contribution is -2.18. The highest BCUT2D eigenvalue weighted by Gasteiger charge is 2.33. The van der Waals surface area contributed by atoms with E-state index >= 15 is 0 Å². The molecule has 1 aliphatic carbocycles. The first-order valence-electron chi connectivity index (χ1n) is 4.99. The molecule has 0 spiro atoms. The summed E-state index contributed by atoms with van der Waals surface area (Å²) in [5.74, 6) is -0.297. The van der Waals surface area contributed by atoms with E-state index in [0.29, 0.717) is 0 Å². The highest BCUT2D eigenvalue weighted by Crippen LogP contribution is 2.40. The highest BCUT2D eigenvalue weighted by molar-refractivity contribution is 9.25. The van der Waals surface area contributed by atoms with Gasteiger partial charge in [-0.3, -0.25) is 10.1 Å². The average molecular weight is 359 g/mol. The number of hydrogen-bond acceptors (Lipinski definition) is 2. The van der Waals surface area contributed by atoms with Gasteiger partial charge < -0.3 is 0 Å². The van der Waals surface area contributed by atoms with Crippen molar-refractivity contribution in [1.82, 2.24) is 0 Å². The van der Waals surface area contributed by atoms with Crippen LogP contribution in [0.2, 0.25) is 0 Å². The minimum atomic E-state index is -0.617. The van der Waals surface area contributed by atoms with E-state index in [1.54, 1.807) is 6.08 Å². The molecule has 0 saturated heterocycles. The predicted molar refractivity (Wildman–Crippen MR) is 74.0 cm³/mol. The van der Waals surface area contributed by atoms with Crippen molar-refractivity contribution < 1.29 is 4.92 Å². The van der Waals surface area contributed by atoms with Gasteiger partial charge in [-0.05, 0) is 5.56 Å². The number of halogens is 2. The van der Waals surface area contributed by atoms with Crippen LogP contribution >= 0.6 is 31.9 Å². The molecule has 0 bridgehead atoms. The molecule has 1 unspecified atom stereocenters. The first kappa shape index (κ1) is 12.5. The summed E-state index contributed by atoms with van der Waals surface area (Å²) in [4.78, 5) is 10.8. The van der Waals surface area contributed by atoms with Crippen molar-refractivity contribution in [1.29, 1.82) is 0 Å². The van der Waals surface area contributed by atoms with E-state index in [1.807, 2.05) is 42.5 Å². The number of allylic oxidation sites excluding steroid dienone is 3. The summed E-state index contributed by atoms with van der Waals surface area (Å²) in [6, 6.07) is 9.43. The normalized spacial score (nSPS) is 22.0. The number of alkyl halides is 2. The molecule has 0 radical (unpaired) electrons. The zero-order valence-electron chi connectivity index (χ0n) is 8.72. The summed E-state index contributed by atoms with van der Waals surface area (Å²) in [5, 5.41) is 11.1. The number of hydrogen-bond donors (Lipinski definition) is 0. The zero-order valence-corrected chi connectivity index (χ0v) is 11.9. The van der Waals surface area contributed by atoms with E-state index in [2.05, 4.69) is 31.9 Å². The smallest absolute Gasteiger partial charge is 0.256 e. The van der Waals surface area contributed by atoms with Gasteiger partial charge in [0.1, 0.15) is 3.23 Å². The number of nitrogens with zero attached hydrogens (tertiary/aromatic N) is 1. The topological polar surface area (TPSA) is 43.1 Å². The van der Waals surface area contributed by atoms with Crippen LogP contribution in [-0.2, 0) is 0 Å². The van der Waals surface area contributed by atoms with E-state index in [9.17, 15) is 10.1 Å². The molecule has 1 aliphatic rings. The summed E-state index contributed by atoms with van der Waals surface area (Å²) in [6.45, 7) is 0. The molecule has 0 N–H and O–H groups in total. The van der Waals surface area contributed by atoms with Gasteiger partial charge in [-0.2, -0.15) is 0 Å². The molecule has 5 heteroatoms. The van der Waals surface area contributed by atoms with Crippen molar-refractivity contribution in [2.75, 3.05) is 0 Å². The number of nitro groups is 1. The van der Waals surface area contributed by atoms with Crippen molar-refractivity contribution in [3.05, 3.63) is 69.9 Å². The van der Waals surface area contributed by atoms with E-state index in [1.165, 1.54) is 0 Å². The third-order valence-corrected chi connectivity index (χ3v) is 3.53. The SMILES string of the molecule is O=[N+]([O-])C1=CC(Br)(Br)C=CC1c1ccccc1. The van der Waals surface area contributed by atoms with Gasteiger partial charge in [-0.25, -0.2) is 0 Å². The molecule has 88 valence electrons. The van der Waals surface area contributed by atoms with Crippen LogP contribution in [0.15, 0.2) is 54.3 Å². The average Bonchev–Trinajstić information content (AvgIpc) is 2.29. The summed E-state index contributed by atoms with van der Waals surface area (Å²) in [5.41, 5.74) is 1.09. The maximum atomic E-state index is 11.1. The Labute approximate surface area is 116 Å². The third kappa shape index (κ3) is 2.84. The molecule has 3 nitrogen and oxygen atoms in total. The van der Waals surface area contributed by atoms with Crippen LogP contribution < -0.4 is 0 Å². The minimum absolute atomic E-state index is 0.174. The molecule has 0 aliphatic heterocycles. The minimum Gasteiger partial charge on any atom is -0.259 e. The maximum Gasteiger partial charge on any atom is 0.256 e. The van der Waals surface area contributed by atoms with Crippen molar-refractivity contribution in [2.24, 2.45) is 0 Å². The second kappa shape index (κ2) is 4.74. The maximum absolute atomic E-state index is 11.1. The van der Waals surface area contributed by atoms with Gasteiger partial charge >= 0.3 is 0 Å². The molecule has 1 aromatic rings. The fourth-order valence-electron chi connectivity index (χ4n) is 1.77. The Hall–Kier alpha value is -0.940. The van der Waals surface area contributed by atoms with Crippen molar-refractivity contribution in [3.63, 3.8) is 0 Å². The molecule has 2 rings (SSSR count). The summed E-state index contributed by atoms with van der Waals surface area (Å²) < 4.78 is -0.617. The molecule has 1 aromatic carbocycles. The highest BCUT2D eigenvalue weighted by atomic mass is 79.9. The van der Waals surface area contributed by atoms with Gasteiger partial charge in [-0.1, -0.05) is 74.3 Å². The molecule has 0 heterocycles. The zero-order chi connectivity index (χ0) is 12.5. The van der Waals surface area contributed by atoms with Crippen LogP contribution in [0, 0.1) is 10.1 Å². The fraction of sp³-hybridized carbons (Fsp3) is 0.167. The van der Waals surface area contributed by atoms with Gasteiger partial charge in [0.05, 0.1) is 10.8 Å². The van der Waals surface area contributed by atoms with Gasteiger partial charge in [0, 0.05) is 6.08 Å². The van der Waals surface area contributed by atoms with E-state index in [4.69, 9.17) is 0 Å². The molecule has 0 saturated carbocycles. The van der Waals surface area contributed by atoms with Crippen LogP contribution in [0.1, 0.15) is 11.5 Å². The second-order valence-corrected chi connectivity index (χ2v) is 7.44. The predicted octanol–water partition coefficient (Wildman–Crippen LogP) is 3.99. The lowest BCUT2D eigenvalue weighted by Gasteiger charge is -2.20. The summed E-state index contributed by atoms with van der Waals surface area (Å²) >= 11 is 6.70. The van der Waals surface area contributed by atoms with Crippen LogP contribution in [0.3, 0.4) is 0 Å². The monoisotopic (exact) mass is 357 g/mol. The van der Waals surface area contributed by atoms with E-state index in [-0.39, 0.29) is 16.5 Å². The molecule has 17 heavy (non-hydrogen) atoms. The third-order valence-electron chi connectivity index (χ3n) is 2.54. The van der Waals surface area contributed by atoms with Crippen LogP contribution in [0.25, 0.3) is 0 Å². The van der Waals surface area contributed by atoms with Crippen molar-refractivity contribution in [2.45, 2.75) is 9.15 Å². The van der Waals surface area contributed by atoms with Gasteiger partial charge in [0.2, 0.25) is 0 Å². The summed E-state index contributed by atoms with van der Waals surface area (Å²) in [6.07, 6.45) is 5.26. The molecule has 0 fully saturated rings. The quantitative estimate of drug-likeness (QED) is 0.347. The Kier molecular flexibility index (Phi) is 3.49. The van der Waals surface area contributed by atoms with Gasteiger partial charge in [0.25, 0.3) is 5.70 Å². The molecular weight excluding hydrogens is 350 g/mol. The Balaban J connectivity index is 2.43. The Bertz CT molecular complexity index is 494. The summed E-state index contributed by atoms with van der Waals surface area (Å²) in [7, 11) is 0. The fourth-order valence-corrected chi connectivity index (χ4v) is 2.54. The first-order valence-corrected chi connectivity index (χ1v) is 6.57. The largest absolute Gasteiger partial charge is 0.259 e. The molecule has 0 amide bonds. The van der Waals surface area contributed by atoms with Crippen molar-refractivity contribution in [3.8, 4) is 0 Å². The van der Waals surface area contributed by atoms with Crippen LogP contribution in [-0.4, -0.2) is 8.16 Å². The van der Waals surface area contributed by atoms with E-state index in [0.717, 1.165) is 5.56 Å². The molecule has 1 atom stereocenters. The lowest BCUT2D eigenvalue weighted by molar-refractivity contribution is -0.429. The Morgan fingerprint density at radius 1 is 1.24 bits per heavy atom. The van der Waals surface area contributed by atoms with Crippen LogP contribution in [0.4, 0.5) is 0 Å². The molecular formula is C12H9Br2NO2. The molecule has 0 aromatic heterocycles. The lowest BCUT2D eigenvalue weighted by atomic mass is 9.91. The van der Waals surface area contributed by atoms with Gasteiger partial charge in [0.15, 0.2) is 0 Å². The number of benzene rings is 1. The standard InChI is InChI=1S/C12H9Br2NO2/c13-12(14)7-6-10(11(8-12)15(16)17)9-4-2-1-3-5-9/h1-8,10H. The Morgan fingerprint density at radius 2 is 1.88 bits per heavy atom. The van der Waals surface area contributed by atoms with Crippen LogP contribution in [0.5, 0.6) is 0 Å². The van der Waals surface area contributed by atoms with E-state index < -0.39 is 3.23 Å². The number of rotatable bonds is 2. The van der Waals surface area contributed by atoms with Crippen molar-refractivity contribution >= 4 is 31.9 Å². The Morgan fingerprint density at radius 3 is 2.47 bits per heavy atom. The van der Waals surface area contributed by atoms with Gasteiger partial charge in [-0.15, -0.1) is 0 Å².